The Hall–Kier alpha value is -2.01. The highest BCUT2D eigenvalue weighted by molar-refractivity contribution is 5.29. The number of ether oxygens (including phenoxy) is 1. The number of aromatic nitrogens is 1. The first-order chi connectivity index (χ1) is 9.70. The van der Waals surface area contributed by atoms with Gasteiger partial charge in [0.2, 0.25) is 5.88 Å². The van der Waals surface area contributed by atoms with Crippen LogP contribution in [0.4, 0.5) is 8.78 Å². The lowest BCUT2D eigenvalue weighted by atomic mass is 10.3. The van der Waals surface area contributed by atoms with Gasteiger partial charge in [-0.2, -0.15) is 0 Å². The molecule has 1 saturated carbocycles. The maximum absolute atomic E-state index is 13.4. The highest BCUT2D eigenvalue weighted by atomic mass is 19.1. The second-order valence-corrected chi connectivity index (χ2v) is 4.84. The van der Waals surface area contributed by atoms with E-state index in [1.165, 1.54) is 18.9 Å². The minimum atomic E-state index is -0.744. The van der Waals surface area contributed by atoms with E-state index in [4.69, 9.17) is 4.74 Å². The summed E-state index contributed by atoms with van der Waals surface area (Å²) in [6.07, 6.45) is 4.16. The van der Waals surface area contributed by atoms with Gasteiger partial charge in [0.05, 0.1) is 0 Å². The lowest BCUT2D eigenvalue weighted by molar-refractivity contribution is 0.423. The van der Waals surface area contributed by atoms with Gasteiger partial charge in [0.1, 0.15) is 5.82 Å². The highest BCUT2D eigenvalue weighted by Gasteiger charge is 2.19. The Balaban J connectivity index is 1.64. The van der Waals surface area contributed by atoms with E-state index in [-0.39, 0.29) is 11.6 Å². The Kier molecular flexibility index (Phi) is 3.60. The molecule has 1 heterocycles. The molecule has 3 rings (SSSR count). The fourth-order valence-electron chi connectivity index (χ4n) is 1.80. The monoisotopic (exact) mass is 276 g/mol. The number of nitrogens with one attached hydrogen (secondary N) is 1. The summed E-state index contributed by atoms with van der Waals surface area (Å²) >= 11 is 0. The van der Waals surface area contributed by atoms with Crippen molar-refractivity contribution in [2.75, 3.05) is 0 Å². The molecule has 0 saturated heterocycles. The summed E-state index contributed by atoms with van der Waals surface area (Å²) < 4.78 is 31.5. The van der Waals surface area contributed by atoms with E-state index in [9.17, 15) is 8.78 Å². The number of hydrogen-bond acceptors (Lipinski definition) is 3. The average Bonchev–Trinajstić information content (AvgIpc) is 3.25. The molecule has 2 aromatic rings. The molecule has 1 aliphatic rings. The van der Waals surface area contributed by atoms with Gasteiger partial charge in [-0.15, -0.1) is 0 Å². The minimum absolute atomic E-state index is 0.0391. The van der Waals surface area contributed by atoms with Crippen molar-refractivity contribution in [1.29, 1.82) is 0 Å². The maximum atomic E-state index is 13.4. The van der Waals surface area contributed by atoms with Gasteiger partial charge in [-0.3, -0.25) is 0 Å². The predicted octanol–water partition coefficient (Wildman–Crippen LogP) is 3.40. The Morgan fingerprint density at radius 2 is 2.05 bits per heavy atom. The number of hydrogen-bond donors (Lipinski definition) is 1. The van der Waals surface area contributed by atoms with Gasteiger partial charge in [-0.05, 0) is 30.5 Å². The zero-order chi connectivity index (χ0) is 13.9. The molecule has 104 valence electrons. The molecule has 20 heavy (non-hydrogen) atoms. The quantitative estimate of drug-likeness (QED) is 0.908. The van der Waals surface area contributed by atoms with Crippen molar-refractivity contribution in [3.63, 3.8) is 0 Å². The van der Waals surface area contributed by atoms with Crippen molar-refractivity contribution in [1.82, 2.24) is 10.3 Å². The second-order valence-electron chi connectivity index (χ2n) is 4.84. The van der Waals surface area contributed by atoms with Crippen molar-refractivity contribution in [2.24, 2.45) is 0 Å². The van der Waals surface area contributed by atoms with Crippen molar-refractivity contribution in [3.05, 3.63) is 53.7 Å². The molecule has 1 aromatic carbocycles. The zero-order valence-electron chi connectivity index (χ0n) is 10.8. The molecule has 1 fully saturated rings. The summed E-state index contributed by atoms with van der Waals surface area (Å²) in [7, 11) is 0. The average molecular weight is 276 g/mol. The van der Waals surface area contributed by atoms with Crippen LogP contribution in [0.15, 0.2) is 36.5 Å². The molecule has 0 bridgehead atoms. The predicted molar refractivity (Wildman–Crippen MR) is 70.5 cm³/mol. The molecule has 0 unspecified atom stereocenters. The second kappa shape index (κ2) is 5.54. The molecule has 0 atom stereocenters. The molecule has 1 N–H and O–H groups in total. The normalized spacial score (nSPS) is 14.3. The summed E-state index contributed by atoms with van der Waals surface area (Å²) in [4.78, 5) is 4.11. The Bertz CT molecular complexity index is 597. The van der Waals surface area contributed by atoms with Gasteiger partial charge in [0.25, 0.3) is 0 Å². The fourth-order valence-corrected chi connectivity index (χ4v) is 1.80. The van der Waals surface area contributed by atoms with Crippen LogP contribution >= 0.6 is 0 Å². The third-order valence-corrected chi connectivity index (χ3v) is 3.08. The van der Waals surface area contributed by atoms with Gasteiger partial charge in [-0.25, -0.2) is 13.8 Å². The summed E-state index contributed by atoms with van der Waals surface area (Å²) in [6.45, 7) is 0.767. The first-order valence-corrected chi connectivity index (χ1v) is 6.52. The van der Waals surface area contributed by atoms with Crippen LogP contribution < -0.4 is 10.1 Å². The van der Waals surface area contributed by atoms with Gasteiger partial charge < -0.3 is 10.1 Å². The van der Waals surface area contributed by atoms with Crippen molar-refractivity contribution < 1.29 is 13.5 Å². The van der Waals surface area contributed by atoms with E-state index in [1.54, 1.807) is 12.3 Å². The van der Waals surface area contributed by atoms with Crippen molar-refractivity contribution in [2.45, 2.75) is 25.4 Å². The van der Waals surface area contributed by atoms with Crippen LogP contribution in [-0.4, -0.2) is 11.0 Å². The fraction of sp³-hybridized carbons (Fsp3) is 0.267. The van der Waals surface area contributed by atoms with E-state index < -0.39 is 11.6 Å². The first-order valence-electron chi connectivity index (χ1n) is 6.52. The molecule has 1 aromatic heterocycles. The number of pyridine rings is 1. The SMILES string of the molecule is Fc1ccc(Oc2ccc(CNC3CC3)cn2)c(F)c1. The van der Waals surface area contributed by atoms with Gasteiger partial charge in [0, 0.05) is 30.9 Å². The highest BCUT2D eigenvalue weighted by Crippen LogP contribution is 2.24. The van der Waals surface area contributed by atoms with E-state index in [0.29, 0.717) is 6.04 Å². The van der Waals surface area contributed by atoms with Crippen molar-refractivity contribution in [3.8, 4) is 11.6 Å². The molecule has 0 radical (unpaired) electrons. The third-order valence-electron chi connectivity index (χ3n) is 3.08. The standard InChI is InChI=1S/C15H14F2N2O/c16-11-2-5-14(13(17)7-11)20-15-6-1-10(9-19-15)8-18-12-3-4-12/h1-2,5-7,9,12,18H,3-4,8H2. The van der Waals surface area contributed by atoms with Crippen molar-refractivity contribution >= 4 is 0 Å². The molecule has 0 amide bonds. The summed E-state index contributed by atoms with van der Waals surface area (Å²) in [5, 5.41) is 3.37. The zero-order valence-corrected chi connectivity index (χ0v) is 10.8. The van der Waals surface area contributed by atoms with Crippen LogP contribution in [0.2, 0.25) is 0 Å². The topological polar surface area (TPSA) is 34.1 Å². The van der Waals surface area contributed by atoms with Crippen LogP contribution in [-0.2, 0) is 6.54 Å². The van der Waals surface area contributed by atoms with Crippen LogP contribution in [0.1, 0.15) is 18.4 Å². The molecule has 1 aliphatic carbocycles. The smallest absolute Gasteiger partial charge is 0.219 e. The van der Waals surface area contributed by atoms with Crippen LogP contribution in [0.5, 0.6) is 11.6 Å². The van der Waals surface area contributed by atoms with Crippen LogP contribution in [0.3, 0.4) is 0 Å². The molecule has 5 heteroatoms. The molecular formula is C15H14F2N2O. The number of rotatable bonds is 5. The minimum Gasteiger partial charge on any atom is -0.436 e. The summed E-state index contributed by atoms with van der Waals surface area (Å²) in [5.74, 6) is -1.14. The molecule has 0 aliphatic heterocycles. The summed E-state index contributed by atoms with van der Waals surface area (Å²) in [6, 6.07) is 7.36. The number of nitrogens with zero attached hydrogens (tertiary/aromatic N) is 1. The Morgan fingerprint density at radius 3 is 2.70 bits per heavy atom. The van der Waals surface area contributed by atoms with Gasteiger partial charge >= 0.3 is 0 Å². The number of halogens is 2. The first kappa shape index (κ1) is 13.0. The van der Waals surface area contributed by atoms with Gasteiger partial charge in [0.15, 0.2) is 11.6 Å². The largest absolute Gasteiger partial charge is 0.436 e. The Labute approximate surface area is 115 Å². The molecular weight excluding hydrogens is 262 g/mol. The summed E-state index contributed by atoms with van der Waals surface area (Å²) in [5.41, 5.74) is 1.05. The Morgan fingerprint density at radius 1 is 1.20 bits per heavy atom. The van der Waals surface area contributed by atoms with E-state index in [1.807, 2.05) is 6.07 Å². The van der Waals surface area contributed by atoms with E-state index in [2.05, 4.69) is 10.3 Å². The van der Waals surface area contributed by atoms with E-state index >= 15 is 0 Å². The molecule has 3 nitrogen and oxygen atoms in total. The van der Waals surface area contributed by atoms with Crippen LogP contribution in [0, 0.1) is 11.6 Å². The van der Waals surface area contributed by atoms with E-state index in [0.717, 1.165) is 24.2 Å². The third kappa shape index (κ3) is 3.30. The number of benzene rings is 1. The molecule has 0 spiro atoms. The van der Waals surface area contributed by atoms with Gasteiger partial charge in [-0.1, -0.05) is 6.07 Å². The van der Waals surface area contributed by atoms with Crippen LogP contribution in [0.25, 0.3) is 0 Å². The lowest BCUT2D eigenvalue weighted by Gasteiger charge is -2.07. The lowest BCUT2D eigenvalue weighted by Crippen LogP contribution is -2.15. The maximum Gasteiger partial charge on any atom is 0.219 e.